The second kappa shape index (κ2) is 3.59. The summed E-state index contributed by atoms with van der Waals surface area (Å²) >= 11 is 0. The van der Waals surface area contributed by atoms with E-state index in [2.05, 4.69) is 0 Å². The van der Waals surface area contributed by atoms with Crippen LogP contribution in [0.15, 0.2) is 18.2 Å². The lowest BCUT2D eigenvalue weighted by Crippen LogP contribution is -2.42. The van der Waals surface area contributed by atoms with Crippen LogP contribution < -0.4 is 5.73 Å². The summed E-state index contributed by atoms with van der Waals surface area (Å²) in [5.41, 5.74) is 8.95. The lowest BCUT2D eigenvalue weighted by Gasteiger charge is -2.24. The molecule has 1 aliphatic rings. The van der Waals surface area contributed by atoms with Crippen molar-refractivity contribution >= 4 is 5.97 Å². The predicted octanol–water partition coefficient (Wildman–Crippen LogP) is 1.75. The number of carbonyl (C=O) groups is 1. The highest BCUT2D eigenvalue weighted by molar-refractivity contribution is 5.77. The molecule has 1 atom stereocenters. The molecule has 0 saturated heterocycles. The lowest BCUT2D eigenvalue weighted by atomic mass is 9.83. The van der Waals surface area contributed by atoms with Gasteiger partial charge in [0.1, 0.15) is 6.04 Å². The molecule has 3 nitrogen and oxygen atoms in total. The molecule has 1 saturated carbocycles. The van der Waals surface area contributed by atoms with Gasteiger partial charge in [-0.2, -0.15) is 0 Å². The molecule has 86 valence electrons. The zero-order valence-electron chi connectivity index (χ0n) is 9.66. The van der Waals surface area contributed by atoms with Crippen LogP contribution in [0.4, 0.5) is 0 Å². The van der Waals surface area contributed by atoms with Crippen molar-refractivity contribution in [2.75, 3.05) is 0 Å². The number of hydrogen-bond acceptors (Lipinski definition) is 2. The van der Waals surface area contributed by atoms with Crippen LogP contribution >= 0.6 is 0 Å². The molecule has 0 spiro atoms. The van der Waals surface area contributed by atoms with Gasteiger partial charge in [-0.25, -0.2) is 0 Å². The molecule has 0 aliphatic heterocycles. The number of rotatable bonds is 3. The first-order valence-corrected chi connectivity index (χ1v) is 5.54. The van der Waals surface area contributed by atoms with Crippen molar-refractivity contribution in [3.63, 3.8) is 0 Å². The van der Waals surface area contributed by atoms with Crippen molar-refractivity contribution in [2.45, 2.75) is 38.1 Å². The fourth-order valence-corrected chi connectivity index (χ4v) is 2.69. The van der Waals surface area contributed by atoms with Gasteiger partial charge in [0.05, 0.1) is 0 Å². The molecule has 1 aliphatic carbocycles. The Kier molecular flexibility index (Phi) is 2.50. The molecule has 2 rings (SSSR count). The number of benzene rings is 1. The van der Waals surface area contributed by atoms with Crippen LogP contribution in [0.3, 0.4) is 0 Å². The molecule has 1 unspecified atom stereocenters. The monoisotopic (exact) mass is 219 g/mol. The summed E-state index contributed by atoms with van der Waals surface area (Å²) in [5.74, 6) is -0.903. The lowest BCUT2D eigenvalue weighted by molar-refractivity contribution is -0.139. The third kappa shape index (κ3) is 1.52. The first-order chi connectivity index (χ1) is 7.49. The Hall–Kier alpha value is -1.35. The molecule has 1 aromatic carbocycles. The normalized spacial score (nSPS) is 19.2. The van der Waals surface area contributed by atoms with Crippen molar-refractivity contribution in [1.29, 1.82) is 0 Å². The van der Waals surface area contributed by atoms with Gasteiger partial charge in [-0.15, -0.1) is 0 Å². The quantitative estimate of drug-likeness (QED) is 0.814. The first kappa shape index (κ1) is 11.1. The van der Waals surface area contributed by atoms with E-state index in [0.29, 0.717) is 0 Å². The predicted molar refractivity (Wildman–Crippen MR) is 62.4 cm³/mol. The zero-order chi connectivity index (χ0) is 11.9. The molecule has 16 heavy (non-hydrogen) atoms. The molecule has 3 N–H and O–H groups in total. The van der Waals surface area contributed by atoms with E-state index in [4.69, 9.17) is 10.8 Å². The Balaban J connectivity index is 2.48. The molecule has 3 heteroatoms. The third-order valence-electron chi connectivity index (χ3n) is 3.63. The summed E-state index contributed by atoms with van der Waals surface area (Å²) < 4.78 is 0. The summed E-state index contributed by atoms with van der Waals surface area (Å²) in [5, 5.41) is 9.08. The molecule has 0 amide bonds. The Morgan fingerprint density at radius 1 is 1.38 bits per heavy atom. The van der Waals surface area contributed by atoms with Crippen molar-refractivity contribution in [1.82, 2.24) is 0 Å². The highest BCUT2D eigenvalue weighted by Crippen LogP contribution is 2.52. The van der Waals surface area contributed by atoms with E-state index in [-0.39, 0.29) is 5.41 Å². The van der Waals surface area contributed by atoms with E-state index in [1.54, 1.807) is 0 Å². The summed E-state index contributed by atoms with van der Waals surface area (Å²) in [6, 6.07) is 5.26. The second-order valence-corrected chi connectivity index (χ2v) is 4.74. The maximum Gasteiger partial charge on any atom is 0.321 e. The van der Waals surface area contributed by atoms with Crippen LogP contribution in [-0.4, -0.2) is 17.1 Å². The molecular weight excluding hydrogens is 202 g/mol. The van der Waals surface area contributed by atoms with Crippen LogP contribution in [0.25, 0.3) is 0 Å². The fraction of sp³-hybridized carbons (Fsp3) is 0.462. The Morgan fingerprint density at radius 3 is 2.25 bits per heavy atom. The number of aliphatic carboxylic acids is 1. The van der Waals surface area contributed by atoms with Gasteiger partial charge >= 0.3 is 5.97 Å². The average molecular weight is 219 g/mol. The Bertz CT molecular complexity index is 415. The van der Waals surface area contributed by atoms with Crippen molar-refractivity contribution in [3.05, 3.63) is 34.9 Å². The standard InChI is InChI=1S/C13H17NO2/c1-8-4-3-5-9(2)10(8)13(6-7-13)11(14)12(15)16/h3-5,11H,6-7,14H2,1-2H3,(H,15,16). The maximum atomic E-state index is 11.1. The smallest absolute Gasteiger partial charge is 0.321 e. The number of carboxylic acids is 1. The Labute approximate surface area is 95.3 Å². The number of nitrogens with two attached hydrogens (primary N) is 1. The summed E-state index contributed by atoms with van der Waals surface area (Å²) in [7, 11) is 0. The van der Waals surface area contributed by atoms with Gasteiger partial charge in [0.2, 0.25) is 0 Å². The van der Waals surface area contributed by atoms with Gasteiger partial charge in [0.25, 0.3) is 0 Å². The van der Waals surface area contributed by atoms with Crippen molar-refractivity contribution in [3.8, 4) is 0 Å². The summed E-state index contributed by atoms with van der Waals surface area (Å²) in [6.45, 7) is 4.05. The van der Waals surface area contributed by atoms with Crippen molar-refractivity contribution < 1.29 is 9.90 Å². The van der Waals surface area contributed by atoms with E-state index in [1.165, 1.54) is 0 Å². The zero-order valence-corrected chi connectivity index (χ0v) is 9.66. The average Bonchev–Trinajstić information content (AvgIpc) is 2.97. The van der Waals surface area contributed by atoms with Crippen LogP contribution in [0.2, 0.25) is 0 Å². The highest BCUT2D eigenvalue weighted by atomic mass is 16.4. The molecule has 0 radical (unpaired) electrons. The number of carboxylic acid groups (broad SMARTS) is 1. The number of aryl methyl sites for hydroxylation is 2. The van der Waals surface area contributed by atoms with Gasteiger partial charge in [-0.05, 0) is 43.4 Å². The second-order valence-electron chi connectivity index (χ2n) is 4.74. The minimum absolute atomic E-state index is 0.318. The largest absolute Gasteiger partial charge is 0.480 e. The summed E-state index contributed by atoms with van der Waals surface area (Å²) in [4.78, 5) is 11.1. The number of hydrogen-bond donors (Lipinski definition) is 2. The van der Waals surface area contributed by atoms with Gasteiger partial charge in [-0.1, -0.05) is 18.2 Å². The SMILES string of the molecule is Cc1cccc(C)c1C1(C(N)C(=O)O)CC1. The van der Waals surface area contributed by atoms with E-state index >= 15 is 0 Å². The molecule has 0 aromatic heterocycles. The Morgan fingerprint density at radius 2 is 1.88 bits per heavy atom. The van der Waals surface area contributed by atoms with Crippen LogP contribution in [0.5, 0.6) is 0 Å². The highest BCUT2D eigenvalue weighted by Gasteiger charge is 2.53. The van der Waals surface area contributed by atoms with Gasteiger partial charge in [0, 0.05) is 5.41 Å². The first-order valence-electron chi connectivity index (χ1n) is 5.54. The molecule has 1 fully saturated rings. The fourth-order valence-electron chi connectivity index (χ4n) is 2.69. The van der Waals surface area contributed by atoms with Crippen molar-refractivity contribution in [2.24, 2.45) is 5.73 Å². The molecule has 0 bridgehead atoms. The van der Waals surface area contributed by atoms with E-state index in [0.717, 1.165) is 29.5 Å². The topological polar surface area (TPSA) is 63.3 Å². The molecule has 0 heterocycles. The third-order valence-corrected chi connectivity index (χ3v) is 3.63. The molecule has 1 aromatic rings. The van der Waals surface area contributed by atoms with E-state index in [1.807, 2.05) is 32.0 Å². The minimum Gasteiger partial charge on any atom is -0.480 e. The van der Waals surface area contributed by atoms with Crippen LogP contribution in [0, 0.1) is 13.8 Å². The van der Waals surface area contributed by atoms with Gasteiger partial charge in [-0.3, -0.25) is 4.79 Å². The van der Waals surface area contributed by atoms with Gasteiger partial charge in [0.15, 0.2) is 0 Å². The maximum absolute atomic E-state index is 11.1. The minimum atomic E-state index is -0.903. The summed E-state index contributed by atoms with van der Waals surface area (Å²) in [6.07, 6.45) is 1.76. The van der Waals surface area contributed by atoms with Gasteiger partial charge < -0.3 is 10.8 Å². The van der Waals surface area contributed by atoms with Crippen LogP contribution in [0.1, 0.15) is 29.5 Å². The van der Waals surface area contributed by atoms with Crippen LogP contribution in [-0.2, 0) is 10.2 Å². The van der Waals surface area contributed by atoms with E-state index < -0.39 is 12.0 Å². The van der Waals surface area contributed by atoms with E-state index in [9.17, 15) is 4.79 Å². The molecular formula is C13H17NO2.